The first-order valence-electron chi connectivity index (χ1n) is 3.97. The van der Waals surface area contributed by atoms with Gasteiger partial charge in [-0.2, -0.15) is 0 Å². The van der Waals surface area contributed by atoms with Crippen LogP contribution in [0, 0.1) is 0 Å². The largest absolute Gasteiger partial charge is 0.386 e. The average Bonchev–Trinajstić information content (AvgIpc) is 2.39. The van der Waals surface area contributed by atoms with E-state index >= 15 is 0 Å². The van der Waals surface area contributed by atoms with Crippen molar-refractivity contribution in [3.05, 3.63) is 21.9 Å². The lowest BCUT2D eigenvalue weighted by Gasteiger charge is -2.31. The molecule has 2 rings (SSSR count). The van der Waals surface area contributed by atoms with Crippen LogP contribution in [0.25, 0.3) is 0 Å². The Balaban J connectivity index is 2.57. The highest BCUT2D eigenvalue weighted by atomic mass is 32.1. The molecule has 0 saturated heterocycles. The zero-order valence-corrected chi connectivity index (χ0v) is 7.98. The normalized spacial score (nSPS) is 40.0. The summed E-state index contributed by atoms with van der Waals surface area (Å²) in [5, 5.41) is 21.9. The van der Waals surface area contributed by atoms with Crippen LogP contribution in [0.1, 0.15) is 24.3 Å². The second kappa shape index (κ2) is 2.10. The Bertz CT molecular complexity index is 312. The fourth-order valence-corrected chi connectivity index (χ4v) is 2.80. The van der Waals surface area contributed by atoms with Crippen LogP contribution in [0.15, 0.2) is 11.4 Å². The first-order valence-corrected chi connectivity index (χ1v) is 4.85. The van der Waals surface area contributed by atoms with Gasteiger partial charge in [0.05, 0.1) is 5.60 Å². The van der Waals surface area contributed by atoms with Gasteiger partial charge in [-0.3, -0.25) is 0 Å². The Morgan fingerprint density at radius 1 is 1.42 bits per heavy atom. The SMILES string of the molecule is C[C@]1(O)Cc2ccsc2[C@]1(C)O. The summed E-state index contributed by atoms with van der Waals surface area (Å²) in [7, 11) is 0. The van der Waals surface area contributed by atoms with Crippen molar-refractivity contribution in [2.75, 3.05) is 0 Å². The zero-order valence-electron chi connectivity index (χ0n) is 7.16. The summed E-state index contributed by atoms with van der Waals surface area (Å²) in [6.07, 6.45) is 0.554. The van der Waals surface area contributed by atoms with Gasteiger partial charge in [-0.05, 0) is 30.9 Å². The van der Waals surface area contributed by atoms with E-state index in [-0.39, 0.29) is 0 Å². The molecule has 0 amide bonds. The monoisotopic (exact) mass is 184 g/mol. The van der Waals surface area contributed by atoms with E-state index in [9.17, 15) is 10.2 Å². The summed E-state index contributed by atoms with van der Waals surface area (Å²) in [6.45, 7) is 3.36. The van der Waals surface area contributed by atoms with Crippen LogP contribution in [0.3, 0.4) is 0 Å². The van der Waals surface area contributed by atoms with Gasteiger partial charge >= 0.3 is 0 Å². The Morgan fingerprint density at radius 3 is 2.67 bits per heavy atom. The van der Waals surface area contributed by atoms with Gasteiger partial charge in [0.2, 0.25) is 0 Å². The van der Waals surface area contributed by atoms with Crippen LogP contribution < -0.4 is 0 Å². The van der Waals surface area contributed by atoms with Crippen LogP contribution in [0.5, 0.6) is 0 Å². The minimum atomic E-state index is -1.07. The minimum absolute atomic E-state index is 0.554. The molecule has 0 aliphatic heterocycles. The topological polar surface area (TPSA) is 40.5 Å². The predicted molar refractivity (Wildman–Crippen MR) is 48.2 cm³/mol. The number of thiophene rings is 1. The number of rotatable bonds is 0. The molecule has 0 spiro atoms. The van der Waals surface area contributed by atoms with E-state index in [1.807, 2.05) is 11.4 Å². The molecule has 0 aromatic carbocycles. The minimum Gasteiger partial charge on any atom is -0.386 e. The quantitative estimate of drug-likeness (QED) is 0.637. The average molecular weight is 184 g/mol. The van der Waals surface area contributed by atoms with Gasteiger partial charge in [0, 0.05) is 11.3 Å². The summed E-state index contributed by atoms with van der Waals surface area (Å²) in [5.41, 5.74) is -0.999. The number of aliphatic hydroxyl groups is 2. The second-order valence-corrected chi connectivity index (χ2v) is 4.71. The summed E-state index contributed by atoms with van der Waals surface area (Å²) in [4.78, 5) is 0.910. The van der Waals surface area contributed by atoms with Gasteiger partial charge in [-0.25, -0.2) is 0 Å². The van der Waals surface area contributed by atoms with Crippen molar-refractivity contribution >= 4 is 11.3 Å². The molecular formula is C9H12O2S. The van der Waals surface area contributed by atoms with Crippen LogP contribution >= 0.6 is 11.3 Å². The van der Waals surface area contributed by atoms with Crippen molar-refractivity contribution in [3.8, 4) is 0 Å². The summed E-state index contributed by atoms with van der Waals surface area (Å²) in [5.74, 6) is 0. The maximum Gasteiger partial charge on any atom is 0.125 e. The molecule has 2 atom stereocenters. The highest BCUT2D eigenvalue weighted by molar-refractivity contribution is 7.10. The van der Waals surface area contributed by atoms with Crippen molar-refractivity contribution < 1.29 is 10.2 Å². The molecular weight excluding hydrogens is 172 g/mol. The number of hydrogen-bond acceptors (Lipinski definition) is 3. The highest BCUT2D eigenvalue weighted by Crippen LogP contribution is 2.46. The molecule has 2 N–H and O–H groups in total. The third-order valence-electron chi connectivity index (χ3n) is 2.77. The van der Waals surface area contributed by atoms with E-state index < -0.39 is 11.2 Å². The van der Waals surface area contributed by atoms with E-state index in [1.165, 1.54) is 11.3 Å². The molecule has 1 aromatic rings. The highest BCUT2D eigenvalue weighted by Gasteiger charge is 2.50. The maximum absolute atomic E-state index is 10.0. The predicted octanol–water partition coefficient (Wildman–Crippen LogP) is 1.26. The van der Waals surface area contributed by atoms with Gasteiger partial charge in [0.1, 0.15) is 5.60 Å². The molecule has 0 bridgehead atoms. The van der Waals surface area contributed by atoms with Crippen molar-refractivity contribution in [2.24, 2.45) is 0 Å². The summed E-state index contributed by atoms with van der Waals surface area (Å²) >= 11 is 1.51. The van der Waals surface area contributed by atoms with E-state index in [4.69, 9.17) is 0 Å². The van der Waals surface area contributed by atoms with Crippen LogP contribution in [0.4, 0.5) is 0 Å². The molecule has 1 aliphatic carbocycles. The molecule has 1 aromatic heterocycles. The van der Waals surface area contributed by atoms with Crippen molar-refractivity contribution in [3.63, 3.8) is 0 Å². The molecule has 0 fully saturated rings. The van der Waals surface area contributed by atoms with Gasteiger partial charge in [-0.1, -0.05) is 0 Å². The number of fused-ring (bicyclic) bond motifs is 1. The summed E-state index contributed by atoms with van der Waals surface area (Å²) < 4.78 is 0. The molecule has 12 heavy (non-hydrogen) atoms. The fraction of sp³-hybridized carbons (Fsp3) is 0.556. The van der Waals surface area contributed by atoms with Crippen LogP contribution in [-0.4, -0.2) is 15.8 Å². The molecule has 0 saturated carbocycles. The first-order chi connectivity index (χ1) is 5.45. The maximum atomic E-state index is 10.0. The van der Waals surface area contributed by atoms with E-state index in [0.29, 0.717) is 6.42 Å². The molecule has 0 radical (unpaired) electrons. The van der Waals surface area contributed by atoms with Crippen LogP contribution in [-0.2, 0) is 12.0 Å². The lowest BCUT2D eigenvalue weighted by Crippen LogP contribution is -2.43. The first kappa shape index (κ1) is 8.23. The Morgan fingerprint density at radius 2 is 2.08 bits per heavy atom. The molecule has 66 valence electrons. The zero-order chi connectivity index (χ0) is 8.98. The lowest BCUT2D eigenvalue weighted by atomic mass is 9.90. The third kappa shape index (κ3) is 0.815. The van der Waals surface area contributed by atoms with E-state index in [1.54, 1.807) is 13.8 Å². The van der Waals surface area contributed by atoms with Gasteiger partial charge in [-0.15, -0.1) is 11.3 Å². The second-order valence-electron chi connectivity index (χ2n) is 3.80. The van der Waals surface area contributed by atoms with Crippen molar-refractivity contribution in [2.45, 2.75) is 31.5 Å². The van der Waals surface area contributed by atoms with Crippen LogP contribution in [0.2, 0.25) is 0 Å². The molecule has 3 heteroatoms. The standard InChI is InChI=1S/C9H12O2S/c1-8(10)5-6-3-4-12-7(6)9(8,2)11/h3-4,10-11H,5H2,1-2H3/t8-,9-/m0/s1. The fourth-order valence-electron chi connectivity index (χ4n) is 1.69. The van der Waals surface area contributed by atoms with Gasteiger partial charge in [0.15, 0.2) is 0 Å². The Labute approximate surface area is 75.5 Å². The molecule has 1 aliphatic rings. The van der Waals surface area contributed by atoms with Crippen molar-refractivity contribution in [1.29, 1.82) is 0 Å². The Hall–Kier alpha value is -0.380. The van der Waals surface area contributed by atoms with Gasteiger partial charge in [0.25, 0.3) is 0 Å². The lowest BCUT2D eigenvalue weighted by molar-refractivity contribution is -0.121. The van der Waals surface area contributed by atoms with E-state index in [2.05, 4.69) is 0 Å². The number of hydrogen-bond donors (Lipinski definition) is 2. The molecule has 2 nitrogen and oxygen atoms in total. The third-order valence-corrected chi connectivity index (χ3v) is 3.94. The summed E-state index contributed by atoms with van der Waals surface area (Å²) in [6, 6.07) is 1.97. The molecule has 1 heterocycles. The van der Waals surface area contributed by atoms with E-state index in [0.717, 1.165) is 10.4 Å². The van der Waals surface area contributed by atoms with Crippen molar-refractivity contribution in [1.82, 2.24) is 0 Å². The van der Waals surface area contributed by atoms with Gasteiger partial charge < -0.3 is 10.2 Å². The smallest absolute Gasteiger partial charge is 0.125 e. The Kier molecular flexibility index (Phi) is 1.44. The molecule has 0 unspecified atom stereocenters.